The van der Waals surface area contributed by atoms with E-state index in [1.54, 1.807) is 7.11 Å². The molecular formula is C16H17FN2O. The predicted octanol–water partition coefficient (Wildman–Crippen LogP) is 3.11. The standard InChI is InChI=1S/C16H17FN2O/c1-20-14-8-4-12(5-9-14)16-10-15(18-19-16)11-2-6-13(17)7-3-11/h2-9,15-16,18-19H,10H2,1H3. The fourth-order valence-corrected chi connectivity index (χ4v) is 2.52. The zero-order chi connectivity index (χ0) is 13.9. The van der Waals surface area contributed by atoms with Gasteiger partial charge in [0, 0.05) is 12.1 Å². The first-order chi connectivity index (χ1) is 9.76. The summed E-state index contributed by atoms with van der Waals surface area (Å²) in [5.74, 6) is 0.654. The maximum atomic E-state index is 12.9. The van der Waals surface area contributed by atoms with E-state index < -0.39 is 0 Å². The average molecular weight is 272 g/mol. The van der Waals surface area contributed by atoms with E-state index in [9.17, 15) is 4.39 Å². The van der Waals surface area contributed by atoms with Gasteiger partial charge in [0.1, 0.15) is 11.6 Å². The van der Waals surface area contributed by atoms with Crippen LogP contribution in [0.2, 0.25) is 0 Å². The number of nitrogens with one attached hydrogen (secondary N) is 2. The van der Waals surface area contributed by atoms with E-state index in [0.29, 0.717) is 0 Å². The fourth-order valence-electron chi connectivity index (χ4n) is 2.52. The summed E-state index contributed by atoms with van der Waals surface area (Å²) in [7, 11) is 1.66. The molecule has 2 unspecified atom stereocenters. The van der Waals surface area contributed by atoms with E-state index in [4.69, 9.17) is 4.74 Å². The number of ether oxygens (including phenoxy) is 1. The summed E-state index contributed by atoms with van der Waals surface area (Å²) >= 11 is 0. The Hall–Kier alpha value is -1.91. The minimum absolute atomic E-state index is 0.197. The van der Waals surface area contributed by atoms with Crippen molar-refractivity contribution >= 4 is 0 Å². The van der Waals surface area contributed by atoms with Gasteiger partial charge < -0.3 is 4.74 Å². The highest BCUT2D eigenvalue weighted by Crippen LogP contribution is 2.31. The molecule has 0 bridgehead atoms. The number of methoxy groups -OCH3 is 1. The van der Waals surface area contributed by atoms with Crippen LogP contribution in [0, 0.1) is 5.82 Å². The molecule has 1 heterocycles. The molecule has 20 heavy (non-hydrogen) atoms. The zero-order valence-corrected chi connectivity index (χ0v) is 11.3. The molecule has 0 radical (unpaired) electrons. The van der Waals surface area contributed by atoms with Gasteiger partial charge in [-0.1, -0.05) is 24.3 Å². The molecule has 2 aromatic carbocycles. The lowest BCUT2D eigenvalue weighted by Crippen LogP contribution is -2.26. The van der Waals surface area contributed by atoms with Crippen LogP contribution in [0.25, 0.3) is 0 Å². The van der Waals surface area contributed by atoms with Crippen LogP contribution < -0.4 is 15.6 Å². The fraction of sp³-hybridized carbons (Fsp3) is 0.250. The molecule has 1 fully saturated rings. The summed E-state index contributed by atoms with van der Waals surface area (Å²) in [5, 5.41) is 0. The second-order valence-electron chi connectivity index (χ2n) is 4.95. The minimum Gasteiger partial charge on any atom is -0.497 e. The molecule has 4 heteroatoms. The molecule has 2 aromatic rings. The Labute approximate surface area is 117 Å². The van der Waals surface area contributed by atoms with Crippen molar-refractivity contribution in [1.82, 2.24) is 10.9 Å². The number of hydrogen-bond donors (Lipinski definition) is 2. The molecule has 2 atom stereocenters. The number of halogens is 1. The quantitative estimate of drug-likeness (QED) is 0.900. The molecule has 3 rings (SSSR count). The van der Waals surface area contributed by atoms with Gasteiger partial charge in [0.2, 0.25) is 0 Å². The third-order valence-corrected chi connectivity index (χ3v) is 3.69. The molecule has 2 N–H and O–H groups in total. The van der Waals surface area contributed by atoms with Crippen LogP contribution in [0.5, 0.6) is 5.75 Å². The first kappa shape index (κ1) is 13.1. The second-order valence-corrected chi connectivity index (χ2v) is 4.95. The van der Waals surface area contributed by atoms with Crippen molar-refractivity contribution in [2.24, 2.45) is 0 Å². The van der Waals surface area contributed by atoms with Gasteiger partial charge in [0.15, 0.2) is 0 Å². The smallest absolute Gasteiger partial charge is 0.123 e. The Balaban J connectivity index is 1.71. The van der Waals surface area contributed by atoms with Gasteiger partial charge in [0.25, 0.3) is 0 Å². The minimum atomic E-state index is -0.202. The highest BCUT2D eigenvalue weighted by molar-refractivity contribution is 5.30. The molecule has 1 saturated heterocycles. The monoisotopic (exact) mass is 272 g/mol. The van der Waals surface area contributed by atoms with Crippen LogP contribution in [0.1, 0.15) is 29.6 Å². The molecule has 0 spiro atoms. The van der Waals surface area contributed by atoms with Gasteiger partial charge >= 0.3 is 0 Å². The maximum Gasteiger partial charge on any atom is 0.123 e. The van der Waals surface area contributed by atoms with E-state index in [2.05, 4.69) is 23.0 Å². The maximum absolute atomic E-state index is 12.9. The van der Waals surface area contributed by atoms with Crippen LogP contribution in [-0.4, -0.2) is 7.11 Å². The summed E-state index contributed by atoms with van der Waals surface area (Å²) in [6.07, 6.45) is 0.929. The molecule has 0 aromatic heterocycles. The van der Waals surface area contributed by atoms with Crippen LogP contribution in [0.4, 0.5) is 4.39 Å². The Morgan fingerprint density at radius 1 is 0.900 bits per heavy atom. The normalized spacial score (nSPS) is 21.9. The summed E-state index contributed by atoms with van der Waals surface area (Å²) in [4.78, 5) is 0. The number of hydrazine groups is 1. The Morgan fingerprint density at radius 3 is 1.90 bits per heavy atom. The van der Waals surface area contributed by atoms with Gasteiger partial charge in [-0.25, -0.2) is 15.2 Å². The van der Waals surface area contributed by atoms with Crippen molar-refractivity contribution in [3.05, 3.63) is 65.5 Å². The van der Waals surface area contributed by atoms with E-state index in [1.807, 2.05) is 24.3 Å². The van der Waals surface area contributed by atoms with Crippen molar-refractivity contribution in [2.75, 3.05) is 7.11 Å². The molecule has 1 aliphatic rings. The predicted molar refractivity (Wildman–Crippen MR) is 75.8 cm³/mol. The third kappa shape index (κ3) is 2.66. The largest absolute Gasteiger partial charge is 0.497 e. The topological polar surface area (TPSA) is 33.3 Å². The molecule has 0 aliphatic carbocycles. The van der Waals surface area contributed by atoms with Crippen molar-refractivity contribution in [3.63, 3.8) is 0 Å². The van der Waals surface area contributed by atoms with Crippen LogP contribution in [-0.2, 0) is 0 Å². The molecule has 3 nitrogen and oxygen atoms in total. The van der Waals surface area contributed by atoms with Crippen molar-refractivity contribution in [3.8, 4) is 5.75 Å². The van der Waals surface area contributed by atoms with Crippen LogP contribution in [0.3, 0.4) is 0 Å². The van der Waals surface area contributed by atoms with Crippen LogP contribution in [0.15, 0.2) is 48.5 Å². The van der Waals surface area contributed by atoms with Crippen LogP contribution >= 0.6 is 0 Å². The first-order valence-electron chi connectivity index (χ1n) is 6.67. The lowest BCUT2D eigenvalue weighted by molar-refractivity contribution is 0.414. The highest BCUT2D eigenvalue weighted by Gasteiger charge is 2.25. The molecule has 0 amide bonds. The lowest BCUT2D eigenvalue weighted by Gasteiger charge is -2.10. The van der Waals surface area contributed by atoms with E-state index in [1.165, 1.54) is 17.7 Å². The SMILES string of the molecule is COc1ccc(C2CC(c3ccc(F)cc3)NN2)cc1. The van der Waals surface area contributed by atoms with Gasteiger partial charge in [-0.15, -0.1) is 0 Å². The Morgan fingerprint density at radius 2 is 1.40 bits per heavy atom. The zero-order valence-electron chi connectivity index (χ0n) is 11.3. The van der Waals surface area contributed by atoms with E-state index >= 15 is 0 Å². The summed E-state index contributed by atoms with van der Waals surface area (Å²) in [6, 6.07) is 15.1. The first-order valence-corrected chi connectivity index (χ1v) is 6.67. The lowest BCUT2D eigenvalue weighted by atomic mass is 9.98. The molecule has 1 aliphatic heterocycles. The molecular weight excluding hydrogens is 255 g/mol. The van der Waals surface area contributed by atoms with Crippen molar-refractivity contribution < 1.29 is 9.13 Å². The summed E-state index contributed by atoms with van der Waals surface area (Å²) in [5.41, 5.74) is 8.86. The average Bonchev–Trinajstić information content (AvgIpc) is 2.98. The van der Waals surface area contributed by atoms with Gasteiger partial charge in [-0.05, 0) is 41.8 Å². The number of benzene rings is 2. The van der Waals surface area contributed by atoms with Gasteiger partial charge in [-0.3, -0.25) is 0 Å². The second kappa shape index (κ2) is 5.61. The van der Waals surface area contributed by atoms with Crippen molar-refractivity contribution in [2.45, 2.75) is 18.5 Å². The summed E-state index contributed by atoms with van der Waals surface area (Å²) in [6.45, 7) is 0. The summed E-state index contributed by atoms with van der Waals surface area (Å²) < 4.78 is 18.1. The van der Waals surface area contributed by atoms with E-state index in [-0.39, 0.29) is 17.9 Å². The Bertz CT molecular complexity index is 568. The highest BCUT2D eigenvalue weighted by atomic mass is 19.1. The third-order valence-electron chi connectivity index (χ3n) is 3.69. The van der Waals surface area contributed by atoms with Crippen molar-refractivity contribution in [1.29, 1.82) is 0 Å². The van der Waals surface area contributed by atoms with Gasteiger partial charge in [-0.2, -0.15) is 0 Å². The number of hydrogen-bond acceptors (Lipinski definition) is 3. The van der Waals surface area contributed by atoms with Gasteiger partial charge in [0.05, 0.1) is 7.11 Å². The van der Waals surface area contributed by atoms with E-state index in [0.717, 1.165) is 17.7 Å². The molecule has 0 saturated carbocycles. The Kier molecular flexibility index (Phi) is 3.67. The number of rotatable bonds is 3. The molecule has 104 valence electrons.